The number of aromatic hydroxyl groups is 1. The van der Waals surface area contributed by atoms with Crippen LogP contribution in [0.3, 0.4) is 0 Å². The Morgan fingerprint density at radius 3 is 2.62 bits per heavy atom. The predicted molar refractivity (Wildman–Crippen MR) is 43.2 cm³/mol. The van der Waals surface area contributed by atoms with Crippen molar-refractivity contribution in [1.29, 1.82) is 0 Å². The van der Waals surface area contributed by atoms with E-state index in [1.54, 1.807) is 0 Å². The van der Waals surface area contributed by atoms with Gasteiger partial charge in [0.1, 0.15) is 5.69 Å². The summed E-state index contributed by atoms with van der Waals surface area (Å²) in [5.74, 6) is -0.682. The van der Waals surface area contributed by atoms with Crippen LogP contribution in [0.2, 0.25) is 0 Å². The van der Waals surface area contributed by atoms with E-state index in [1.807, 2.05) is 0 Å². The van der Waals surface area contributed by atoms with Crippen LogP contribution in [0.4, 0.5) is 14.5 Å². The Kier molecular flexibility index (Phi) is 2.62. The minimum atomic E-state index is -2.84. The van der Waals surface area contributed by atoms with E-state index in [-0.39, 0.29) is 12.2 Å². The lowest BCUT2D eigenvalue weighted by molar-refractivity contribution is 0.142. The van der Waals surface area contributed by atoms with E-state index in [0.717, 1.165) is 6.20 Å². The minimum Gasteiger partial charge on any atom is -0.504 e. The summed E-state index contributed by atoms with van der Waals surface area (Å²) in [5.41, 5.74) is 10.1. The summed E-state index contributed by atoms with van der Waals surface area (Å²) in [6, 6.07) is 0. The van der Waals surface area contributed by atoms with Crippen LogP contribution in [0.15, 0.2) is 6.20 Å². The van der Waals surface area contributed by atoms with Crippen molar-refractivity contribution in [2.24, 2.45) is 5.73 Å². The molecule has 0 fully saturated rings. The van der Waals surface area contributed by atoms with Crippen molar-refractivity contribution in [2.45, 2.75) is 13.0 Å². The predicted octanol–water partition coefficient (Wildman–Crippen LogP) is 0.766. The van der Waals surface area contributed by atoms with Crippen molar-refractivity contribution < 1.29 is 13.9 Å². The van der Waals surface area contributed by atoms with Crippen molar-refractivity contribution in [3.8, 4) is 5.75 Å². The molecular formula is C7H9F2N3O. The fourth-order valence-electron chi connectivity index (χ4n) is 0.891. The lowest BCUT2D eigenvalue weighted by Crippen LogP contribution is -2.05. The molecule has 1 rings (SSSR count). The highest BCUT2D eigenvalue weighted by molar-refractivity contribution is 5.59. The molecule has 0 aliphatic rings. The van der Waals surface area contributed by atoms with E-state index in [1.165, 1.54) is 0 Å². The Labute approximate surface area is 73.2 Å². The monoisotopic (exact) mass is 189 g/mol. The molecule has 1 aromatic rings. The van der Waals surface area contributed by atoms with Gasteiger partial charge >= 0.3 is 0 Å². The maximum atomic E-state index is 12.1. The molecule has 0 unspecified atom stereocenters. The molecule has 0 atom stereocenters. The van der Waals surface area contributed by atoms with E-state index < -0.39 is 17.9 Å². The number of pyridine rings is 1. The fraction of sp³-hybridized carbons (Fsp3) is 0.286. The molecular weight excluding hydrogens is 180 g/mol. The number of aromatic nitrogens is 1. The lowest BCUT2D eigenvalue weighted by Gasteiger charge is -2.08. The zero-order chi connectivity index (χ0) is 10.0. The average molecular weight is 189 g/mol. The first kappa shape index (κ1) is 9.66. The molecule has 1 aromatic heterocycles. The van der Waals surface area contributed by atoms with E-state index in [0.29, 0.717) is 5.56 Å². The van der Waals surface area contributed by atoms with Gasteiger partial charge in [-0.25, -0.2) is 8.78 Å². The number of nitrogens with two attached hydrogens (primary N) is 2. The largest absolute Gasteiger partial charge is 0.504 e. The SMILES string of the molecule is NCc1cnc(C(F)F)c(O)c1N. The molecule has 0 amide bonds. The Morgan fingerprint density at radius 1 is 1.54 bits per heavy atom. The van der Waals surface area contributed by atoms with Gasteiger partial charge in [0.15, 0.2) is 5.75 Å². The summed E-state index contributed by atoms with van der Waals surface area (Å²) in [4.78, 5) is 3.35. The molecule has 0 aromatic carbocycles. The van der Waals surface area contributed by atoms with Gasteiger partial charge in [0.25, 0.3) is 6.43 Å². The van der Waals surface area contributed by atoms with Crippen LogP contribution >= 0.6 is 0 Å². The first-order valence-corrected chi connectivity index (χ1v) is 3.52. The topological polar surface area (TPSA) is 85.2 Å². The molecule has 1 heterocycles. The molecule has 0 radical (unpaired) electrons. The smallest absolute Gasteiger partial charge is 0.284 e. The standard InChI is InChI=1S/C7H9F2N3O/c8-7(9)5-6(13)4(11)3(1-10)2-12-5/h2,7,13H,1,10H2,(H2,11,12). The Hall–Kier alpha value is -1.43. The van der Waals surface area contributed by atoms with Gasteiger partial charge < -0.3 is 16.6 Å². The van der Waals surface area contributed by atoms with Crippen LogP contribution < -0.4 is 11.5 Å². The highest BCUT2D eigenvalue weighted by Crippen LogP contribution is 2.32. The molecule has 0 saturated carbocycles. The van der Waals surface area contributed by atoms with Crippen molar-refractivity contribution in [1.82, 2.24) is 4.98 Å². The average Bonchev–Trinajstić information content (AvgIpc) is 2.09. The summed E-state index contributed by atoms with van der Waals surface area (Å²) in [7, 11) is 0. The van der Waals surface area contributed by atoms with Crippen molar-refractivity contribution in [3.63, 3.8) is 0 Å². The third-order valence-corrected chi connectivity index (χ3v) is 1.63. The second-order valence-electron chi connectivity index (χ2n) is 2.44. The second-order valence-corrected chi connectivity index (χ2v) is 2.44. The lowest BCUT2D eigenvalue weighted by atomic mass is 10.2. The van der Waals surface area contributed by atoms with Crippen molar-refractivity contribution >= 4 is 5.69 Å². The van der Waals surface area contributed by atoms with Crippen LogP contribution in [0.25, 0.3) is 0 Å². The van der Waals surface area contributed by atoms with Crippen LogP contribution in [0, 0.1) is 0 Å². The zero-order valence-corrected chi connectivity index (χ0v) is 6.67. The molecule has 0 aliphatic carbocycles. The van der Waals surface area contributed by atoms with Gasteiger partial charge in [-0.3, -0.25) is 4.98 Å². The summed E-state index contributed by atoms with van der Waals surface area (Å²) >= 11 is 0. The van der Waals surface area contributed by atoms with Crippen LogP contribution in [-0.2, 0) is 6.54 Å². The second kappa shape index (κ2) is 3.53. The van der Waals surface area contributed by atoms with Gasteiger partial charge in [-0.2, -0.15) is 0 Å². The molecule has 0 aliphatic heterocycles. The minimum absolute atomic E-state index is 0.0515. The number of alkyl halides is 2. The van der Waals surface area contributed by atoms with E-state index >= 15 is 0 Å². The molecule has 72 valence electrons. The fourth-order valence-corrected chi connectivity index (χ4v) is 0.891. The van der Waals surface area contributed by atoms with Crippen LogP contribution in [0.5, 0.6) is 5.75 Å². The van der Waals surface area contributed by atoms with Gasteiger partial charge in [0, 0.05) is 18.3 Å². The quantitative estimate of drug-likeness (QED) is 0.641. The number of hydrogen-bond acceptors (Lipinski definition) is 4. The number of nitrogens with zero attached hydrogens (tertiary/aromatic N) is 1. The summed E-state index contributed by atoms with van der Waals surface area (Å²) in [6.07, 6.45) is -1.70. The van der Waals surface area contributed by atoms with E-state index in [2.05, 4.69) is 4.98 Å². The summed E-state index contributed by atoms with van der Waals surface area (Å²) in [5, 5.41) is 9.16. The van der Waals surface area contributed by atoms with Crippen molar-refractivity contribution in [3.05, 3.63) is 17.5 Å². The van der Waals surface area contributed by atoms with Gasteiger partial charge in [-0.1, -0.05) is 0 Å². The number of hydrogen-bond donors (Lipinski definition) is 3. The number of anilines is 1. The van der Waals surface area contributed by atoms with Gasteiger partial charge in [0.2, 0.25) is 0 Å². The molecule has 13 heavy (non-hydrogen) atoms. The van der Waals surface area contributed by atoms with Gasteiger partial charge in [0.05, 0.1) is 5.69 Å². The number of rotatable bonds is 2. The first-order valence-electron chi connectivity index (χ1n) is 3.52. The van der Waals surface area contributed by atoms with E-state index in [9.17, 15) is 8.78 Å². The maximum Gasteiger partial charge on any atom is 0.284 e. The van der Waals surface area contributed by atoms with E-state index in [4.69, 9.17) is 16.6 Å². The first-order chi connectivity index (χ1) is 6.07. The Balaban J connectivity index is 3.23. The Bertz CT molecular complexity index is 317. The van der Waals surface area contributed by atoms with Crippen LogP contribution in [0.1, 0.15) is 17.7 Å². The van der Waals surface area contributed by atoms with Crippen LogP contribution in [-0.4, -0.2) is 10.1 Å². The number of nitrogen functional groups attached to an aromatic ring is 1. The van der Waals surface area contributed by atoms with Crippen molar-refractivity contribution in [2.75, 3.05) is 5.73 Å². The highest BCUT2D eigenvalue weighted by Gasteiger charge is 2.18. The van der Waals surface area contributed by atoms with Gasteiger partial charge in [-0.05, 0) is 0 Å². The molecule has 0 saturated heterocycles. The number of halogens is 2. The summed E-state index contributed by atoms with van der Waals surface area (Å²) in [6.45, 7) is 0.0515. The van der Waals surface area contributed by atoms with Gasteiger partial charge in [-0.15, -0.1) is 0 Å². The molecule has 6 heteroatoms. The molecule has 4 nitrogen and oxygen atoms in total. The highest BCUT2D eigenvalue weighted by atomic mass is 19.3. The summed E-state index contributed by atoms with van der Waals surface area (Å²) < 4.78 is 24.3. The normalized spacial score (nSPS) is 10.8. The third kappa shape index (κ3) is 1.67. The zero-order valence-electron chi connectivity index (χ0n) is 6.67. The molecule has 0 bridgehead atoms. The Morgan fingerprint density at radius 2 is 2.15 bits per heavy atom. The molecule has 5 N–H and O–H groups in total. The maximum absolute atomic E-state index is 12.1. The molecule has 0 spiro atoms. The third-order valence-electron chi connectivity index (χ3n) is 1.63.